The first-order valence-electron chi connectivity index (χ1n) is 5.95. The number of rotatable bonds is 6. The van der Waals surface area contributed by atoms with Crippen LogP contribution in [0.5, 0.6) is 0 Å². The number of hydrogen-bond donors (Lipinski definition) is 3. The standard InChI is InChI=1S/C12H17ClN2O3S/c1-3-7(2)10(11(16)17)15-12(18)14-6-8-4-5-9(13)19-8/h4-5,7,10H,3,6H2,1-2H3,(H,16,17)(H2,14,15,18)/t7?,10-/m0/s1. The number of halogens is 1. The second-order valence-corrected chi connectivity index (χ2v) is 6.03. The van der Waals surface area contributed by atoms with E-state index in [1.165, 1.54) is 11.3 Å². The number of aliphatic carboxylic acids is 1. The molecule has 1 rings (SSSR count). The molecule has 0 aliphatic rings. The third kappa shape index (κ3) is 5.08. The Bertz CT molecular complexity index is 450. The number of carboxylic acids is 1. The quantitative estimate of drug-likeness (QED) is 0.756. The minimum absolute atomic E-state index is 0.126. The Hall–Kier alpha value is -1.27. The molecule has 2 atom stereocenters. The van der Waals surface area contributed by atoms with Gasteiger partial charge in [0.25, 0.3) is 0 Å². The van der Waals surface area contributed by atoms with Crippen LogP contribution in [0.15, 0.2) is 12.1 Å². The number of carbonyl (C=O) groups is 2. The molecule has 0 fully saturated rings. The van der Waals surface area contributed by atoms with Crippen molar-refractivity contribution in [3.05, 3.63) is 21.3 Å². The molecule has 0 aliphatic carbocycles. The first kappa shape index (κ1) is 15.8. The topological polar surface area (TPSA) is 78.4 Å². The molecule has 0 radical (unpaired) electrons. The van der Waals surface area contributed by atoms with E-state index in [9.17, 15) is 9.59 Å². The van der Waals surface area contributed by atoms with Gasteiger partial charge in [-0.1, -0.05) is 31.9 Å². The van der Waals surface area contributed by atoms with Crippen LogP contribution in [-0.2, 0) is 11.3 Å². The Morgan fingerprint density at radius 1 is 1.47 bits per heavy atom. The van der Waals surface area contributed by atoms with E-state index in [1.807, 2.05) is 13.0 Å². The van der Waals surface area contributed by atoms with Gasteiger partial charge in [-0.15, -0.1) is 11.3 Å². The van der Waals surface area contributed by atoms with E-state index < -0.39 is 18.0 Å². The zero-order chi connectivity index (χ0) is 14.4. The lowest BCUT2D eigenvalue weighted by molar-refractivity contribution is -0.140. The summed E-state index contributed by atoms with van der Waals surface area (Å²) in [4.78, 5) is 23.6. The van der Waals surface area contributed by atoms with Crippen LogP contribution in [0.3, 0.4) is 0 Å². The number of carbonyl (C=O) groups excluding carboxylic acids is 1. The van der Waals surface area contributed by atoms with Crippen molar-refractivity contribution in [3.63, 3.8) is 0 Å². The Balaban J connectivity index is 2.46. The van der Waals surface area contributed by atoms with Crippen molar-refractivity contribution in [2.45, 2.75) is 32.9 Å². The number of nitrogens with one attached hydrogen (secondary N) is 2. The molecular formula is C12H17ClN2O3S. The van der Waals surface area contributed by atoms with Crippen LogP contribution in [0.2, 0.25) is 4.34 Å². The van der Waals surface area contributed by atoms with Gasteiger partial charge < -0.3 is 15.7 Å². The summed E-state index contributed by atoms with van der Waals surface area (Å²) >= 11 is 7.15. The highest BCUT2D eigenvalue weighted by Gasteiger charge is 2.25. The monoisotopic (exact) mass is 304 g/mol. The molecule has 0 aromatic carbocycles. The Labute approximate surface area is 121 Å². The average molecular weight is 305 g/mol. The van der Waals surface area contributed by atoms with Gasteiger partial charge in [0.1, 0.15) is 6.04 Å². The molecule has 5 nitrogen and oxygen atoms in total. The molecule has 7 heteroatoms. The maximum absolute atomic E-state index is 11.6. The lowest BCUT2D eigenvalue weighted by Crippen LogP contribution is -2.48. The Kier molecular flexibility index (Phi) is 6.11. The predicted octanol–water partition coefficient (Wildman–Crippen LogP) is 2.70. The lowest BCUT2D eigenvalue weighted by Gasteiger charge is -2.20. The zero-order valence-electron chi connectivity index (χ0n) is 10.8. The highest BCUT2D eigenvalue weighted by atomic mass is 35.5. The van der Waals surface area contributed by atoms with Crippen LogP contribution < -0.4 is 10.6 Å². The minimum Gasteiger partial charge on any atom is -0.480 e. The van der Waals surface area contributed by atoms with Crippen LogP contribution in [-0.4, -0.2) is 23.1 Å². The predicted molar refractivity (Wildman–Crippen MR) is 75.6 cm³/mol. The Morgan fingerprint density at radius 2 is 2.16 bits per heavy atom. The van der Waals surface area contributed by atoms with Crippen molar-refractivity contribution in [1.29, 1.82) is 0 Å². The SMILES string of the molecule is CCC(C)[C@H](NC(=O)NCc1ccc(Cl)s1)C(=O)O. The van der Waals surface area contributed by atoms with Gasteiger partial charge in [0.05, 0.1) is 10.9 Å². The summed E-state index contributed by atoms with van der Waals surface area (Å²) in [6.07, 6.45) is 0.678. The maximum atomic E-state index is 11.6. The van der Waals surface area contributed by atoms with Gasteiger partial charge >= 0.3 is 12.0 Å². The minimum atomic E-state index is -1.02. The second-order valence-electron chi connectivity index (χ2n) is 4.23. The fraction of sp³-hybridized carbons (Fsp3) is 0.500. The summed E-state index contributed by atoms with van der Waals surface area (Å²) in [5, 5.41) is 14.1. The normalized spacial score (nSPS) is 13.6. The molecule has 0 saturated heterocycles. The van der Waals surface area contributed by atoms with Crippen LogP contribution in [0, 0.1) is 5.92 Å². The van der Waals surface area contributed by atoms with Crippen molar-refractivity contribution in [2.75, 3.05) is 0 Å². The van der Waals surface area contributed by atoms with E-state index in [2.05, 4.69) is 10.6 Å². The van der Waals surface area contributed by atoms with Crippen LogP contribution in [0.4, 0.5) is 4.79 Å². The van der Waals surface area contributed by atoms with Gasteiger partial charge in [0, 0.05) is 4.88 Å². The summed E-state index contributed by atoms with van der Waals surface area (Å²) < 4.78 is 0.653. The first-order chi connectivity index (χ1) is 8.93. The van der Waals surface area contributed by atoms with E-state index in [0.717, 1.165) is 4.88 Å². The van der Waals surface area contributed by atoms with Crippen molar-refractivity contribution >= 4 is 34.9 Å². The first-order valence-corrected chi connectivity index (χ1v) is 7.14. The van der Waals surface area contributed by atoms with Crippen molar-refractivity contribution in [1.82, 2.24) is 10.6 Å². The maximum Gasteiger partial charge on any atom is 0.326 e. The van der Waals surface area contributed by atoms with Crippen molar-refractivity contribution in [2.24, 2.45) is 5.92 Å². The average Bonchev–Trinajstić information content (AvgIpc) is 2.78. The third-order valence-electron chi connectivity index (χ3n) is 2.82. The molecule has 0 bridgehead atoms. The van der Waals surface area contributed by atoms with E-state index >= 15 is 0 Å². The van der Waals surface area contributed by atoms with E-state index in [1.54, 1.807) is 13.0 Å². The summed E-state index contributed by atoms with van der Waals surface area (Å²) in [5.41, 5.74) is 0. The smallest absolute Gasteiger partial charge is 0.326 e. The van der Waals surface area contributed by atoms with E-state index in [-0.39, 0.29) is 5.92 Å². The lowest BCUT2D eigenvalue weighted by atomic mass is 9.99. The third-order valence-corrected chi connectivity index (χ3v) is 4.05. The van der Waals surface area contributed by atoms with Gasteiger partial charge in [-0.05, 0) is 18.1 Å². The summed E-state index contributed by atoms with van der Waals surface area (Å²) in [6, 6.07) is 2.20. The second kappa shape index (κ2) is 7.35. The number of hydrogen-bond acceptors (Lipinski definition) is 3. The molecule has 1 heterocycles. The highest BCUT2D eigenvalue weighted by molar-refractivity contribution is 7.16. The molecule has 1 unspecified atom stereocenters. The molecule has 0 aliphatic heterocycles. The molecule has 3 N–H and O–H groups in total. The fourth-order valence-electron chi connectivity index (χ4n) is 1.49. The Morgan fingerprint density at radius 3 is 2.63 bits per heavy atom. The fourth-order valence-corrected chi connectivity index (χ4v) is 2.52. The summed E-state index contributed by atoms with van der Waals surface area (Å²) in [6.45, 7) is 4.00. The summed E-state index contributed by atoms with van der Waals surface area (Å²) in [5.74, 6) is -1.15. The highest BCUT2D eigenvalue weighted by Crippen LogP contribution is 2.20. The van der Waals surface area contributed by atoms with Crippen molar-refractivity contribution in [3.8, 4) is 0 Å². The molecule has 19 heavy (non-hydrogen) atoms. The van der Waals surface area contributed by atoms with Crippen LogP contribution in [0.1, 0.15) is 25.1 Å². The van der Waals surface area contributed by atoms with Gasteiger partial charge in [-0.3, -0.25) is 0 Å². The van der Waals surface area contributed by atoms with Crippen molar-refractivity contribution < 1.29 is 14.7 Å². The van der Waals surface area contributed by atoms with Crippen LogP contribution >= 0.6 is 22.9 Å². The molecule has 0 saturated carbocycles. The molecule has 1 aromatic rings. The number of carboxylic acid groups (broad SMARTS) is 1. The molecule has 1 aromatic heterocycles. The zero-order valence-corrected chi connectivity index (χ0v) is 12.3. The number of thiophene rings is 1. The number of urea groups is 1. The van der Waals surface area contributed by atoms with Gasteiger partial charge in [0.15, 0.2) is 0 Å². The van der Waals surface area contributed by atoms with Gasteiger partial charge in [0.2, 0.25) is 0 Å². The molecule has 106 valence electrons. The molecule has 0 spiro atoms. The van der Waals surface area contributed by atoms with Gasteiger partial charge in [-0.25, -0.2) is 9.59 Å². The largest absolute Gasteiger partial charge is 0.480 e. The molecular weight excluding hydrogens is 288 g/mol. The molecule has 2 amide bonds. The van der Waals surface area contributed by atoms with Crippen LogP contribution in [0.25, 0.3) is 0 Å². The van der Waals surface area contributed by atoms with E-state index in [4.69, 9.17) is 16.7 Å². The summed E-state index contributed by atoms with van der Waals surface area (Å²) in [7, 11) is 0. The van der Waals surface area contributed by atoms with E-state index in [0.29, 0.717) is 17.3 Å². The number of amides is 2. The van der Waals surface area contributed by atoms with Gasteiger partial charge in [-0.2, -0.15) is 0 Å².